The van der Waals surface area contributed by atoms with Gasteiger partial charge in [0.25, 0.3) is 0 Å². The molecule has 1 amide bonds. The standard InChI is InChI=1S/C21H18N2O3/c24-14-18-13-23-20-12-16(9-10-19(18)20)6-4-5-11-22-21(25)26-15-17-7-2-1-3-8-17/h1-3,7-10,12-14,23H,5,11,15H2,(H,22,25). The van der Waals surface area contributed by atoms with Crippen molar-refractivity contribution in [1.29, 1.82) is 0 Å². The molecule has 0 fully saturated rings. The number of ether oxygens (including phenoxy) is 1. The molecule has 0 saturated heterocycles. The maximum atomic E-state index is 11.6. The monoisotopic (exact) mass is 346 g/mol. The summed E-state index contributed by atoms with van der Waals surface area (Å²) >= 11 is 0. The average Bonchev–Trinajstić information content (AvgIpc) is 3.09. The molecule has 3 aromatic rings. The molecule has 1 aromatic heterocycles. The van der Waals surface area contributed by atoms with Gasteiger partial charge in [-0.1, -0.05) is 48.2 Å². The van der Waals surface area contributed by atoms with Gasteiger partial charge in [0.2, 0.25) is 0 Å². The summed E-state index contributed by atoms with van der Waals surface area (Å²) in [6.07, 6.45) is 2.57. The summed E-state index contributed by atoms with van der Waals surface area (Å²) in [5.41, 5.74) is 3.31. The van der Waals surface area contributed by atoms with Gasteiger partial charge in [-0.3, -0.25) is 4.79 Å². The van der Waals surface area contributed by atoms with E-state index in [2.05, 4.69) is 22.1 Å². The molecule has 2 N–H and O–H groups in total. The highest BCUT2D eigenvalue weighted by Gasteiger charge is 2.02. The predicted molar refractivity (Wildman–Crippen MR) is 99.8 cm³/mol. The number of aromatic amines is 1. The van der Waals surface area contributed by atoms with Crippen molar-refractivity contribution in [2.75, 3.05) is 6.54 Å². The molecule has 1 heterocycles. The number of H-pyrrole nitrogens is 1. The fraction of sp³-hybridized carbons (Fsp3) is 0.143. The lowest BCUT2D eigenvalue weighted by atomic mass is 10.1. The third kappa shape index (κ3) is 4.52. The summed E-state index contributed by atoms with van der Waals surface area (Å²) in [7, 11) is 0. The first-order valence-electron chi connectivity index (χ1n) is 8.26. The predicted octanol–water partition coefficient (Wildman–Crippen LogP) is 3.65. The molecular formula is C21H18N2O3. The van der Waals surface area contributed by atoms with Crippen LogP contribution in [0.1, 0.15) is 27.9 Å². The Hall–Kier alpha value is -3.52. The van der Waals surface area contributed by atoms with E-state index in [1.165, 1.54) is 0 Å². The Morgan fingerprint density at radius 3 is 2.85 bits per heavy atom. The van der Waals surface area contributed by atoms with Crippen LogP contribution in [0.5, 0.6) is 0 Å². The molecular weight excluding hydrogens is 328 g/mol. The van der Waals surface area contributed by atoms with Crippen molar-refractivity contribution in [1.82, 2.24) is 10.3 Å². The zero-order chi connectivity index (χ0) is 18.2. The number of aldehydes is 1. The zero-order valence-corrected chi connectivity index (χ0v) is 14.1. The average molecular weight is 346 g/mol. The Morgan fingerprint density at radius 1 is 1.19 bits per heavy atom. The fourth-order valence-corrected chi connectivity index (χ4v) is 2.49. The Balaban J connectivity index is 1.44. The molecule has 0 atom stereocenters. The Kier molecular flexibility index (Phi) is 5.69. The van der Waals surface area contributed by atoms with Gasteiger partial charge in [-0.15, -0.1) is 0 Å². The Labute approximate surface area is 151 Å². The van der Waals surface area contributed by atoms with Crippen LogP contribution < -0.4 is 5.32 Å². The van der Waals surface area contributed by atoms with E-state index in [-0.39, 0.29) is 6.61 Å². The van der Waals surface area contributed by atoms with Crippen LogP contribution in [0.3, 0.4) is 0 Å². The SMILES string of the molecule is O=Cc1c[nH]c2cc(C#CCCNC(=O)OCc3ccccc3)ccc12. The molecule has 0 aliphatic carbocycles. The van der Waals surface area contributed by atoms with Crippen molar-refractivity contribution in [2.45, 2.75) is 13.0 Å². The first kappa shape index (κ1) is 17.3. The first-order valence-corrected chi connectivity index (χ1v) is 8.26. The molecule has 0 saturated carbocycles. The van der Waals surface area contributed by atoms with Crippen molar-refractivity contribution in [3.05, 3.63) is 71.4 Å². The van der Waals surface area contributed by atoms with Gasteiger partial charge in [-0.25, -0.2) is 4.79 Å². The van der Waals surface area contributed by atoms with E-state index in [0.717, 1.165) is 28.3 Å². The Morgan fingerprint density at radius 2 is 2.04 bits per heavy atom. The van der Waals surface area contributed by atoms with Crippen molar-refractivity contribution in [3.8, 4) is 11.8 Å². The van der Waals surface area contributed by atoms with E-state index in [1.807, 2.05) is 48.5 Å². The van der Waals surface area contributed by atoms with E-state index in [4.69, 9.17) is 4.74 Å². The van der Waals surface area contributed by atoms with Crippen LogP contribution in [0, 0.1) is 11.8 Å². The van der Waals surface area contributed by atoms with Crippen LogP contribution in [0.2, 0.25) is 0 Å². The first-order chi connectivity index (χ1) is 12.8. The second-order valence-electron chi connectivity index (χ2n) is 5.66. The summed E-state index contributed by atoms with van der Waals surface area (Å²) in [5.74, 6) is 6.06. The highest BCUT2D eigenvalue weighted by molar-refractivity contribution is 5.97. The fourth-order valence-electron chi connectivity index (χ4n) is 2.49. The summed E-state index contributed by atoms with van der Waals surface area (Å²) in [5, 5.41) is 3.55. The largest absolute Gasteiger partial charge is 0.445 e. The van der Waals surface area contributed by atoms with Crippen LogP contribution in [-0.2, 0) is 11.3 Å². The number of hydrogen-bond acceptors (Lipinski definition) is 3. The van der Waals surface area contributed by atoms with Crippen LogP contribution in [0.25, 0.3) is 10.9 Å². The molecule has 0 aliphatic heterocycles. The number of aromatic nitrogens is 1. The van der Waals surface area contributed by atoms with E-state index in [1.54, 1.807) is 6.20 Å². The van der Waals surface area contributed by atoms with E-state index in [9.17, 15) is 9.59 Å². The minimum Gasteiger partial charge on any atom is -0.445 e. The molecule has 26 heavy (non-hydrogen) atoms. The second-order valence-corrected chi connectivity index (χ2v) is 5.66. The number of nitrogens with one attached hydrogen (secondary N) is 2. The molecule has 130 valence electrons. The normalized spacial score (nSPS) is 10.0. The van der Waals surface area contributed by atoms with Gasteiger partial charge in [-0.05, 0) is 17.7 Å². The number of hydrogen-bond donors (Lipinski definition) is 2. The number of benzene rings is 2. The summed E-state index contributed by atoms with van der Waals surface area (Å²) in [4.78, 5) is 25.6. The van der Waals surface area contributed by atoms with Gasteiger partial charge in [-0.2, -0.15) is 0 Å². The molecule has 3 rings (SSSR count). The summed E-state index contributed by atoms with van der Waals surface area (Å²) in [6.45, 7) is 0.665. The summed E-state index contributed by atoms with van der Waals surface area (Å²) in [6, 6.07) is 15.2. The molecule has 5 heteroatoms. The summed E-state index contributed by atoms with van der Waals surface area (Å²) < 4.78 is 5.12. The van der Waals surface area contributed by atoms with Gasteiger partial charge in [0, 0.05) is 41.2 Å². The van der Waals surface area contributed by atoms with Gasteiger partial charge in [0.15, 0.2) is 6.29 Å². The molecule has 5 nitrogen and oxygen atoms in total. The van der Waals surface area contributed by atoms with Gasteiger partial charge in [0.1, 0.15) is 6.61 Å². The quantitative estimate of drug-likeness (QED) is 0.421. The number of carbonyl (C=O) groups excluding carboxylic acids is 2. The smallest absolute Gasteiger partial charge is 0.407 e. The maximum Gasteiger partial charge on any atom is 0.407 e. The highest BCUT2D eigenvalue weighted by atomic mass is 16.5. The van der Waals surface area contributed by atoms with Crippen molar-refractivity contribution >= 4 is 23.3 Å². The molecule has 0 aliphatic rings. The number of carbonyl (C=O) groups is 2. The lowest BCUT2D eigenvalue weighted by Crippen LogP contribution is -2.24. The maximum absolute atomic E-state index is 11.6. The van der Waals surface area contributed by atoms with Crippen molar-refractivity contribution in [2.24, 2.45) is 0 Å². The molecule has 0 bridgehead atoms. The van der Waals surface area contributed by atoms with Gasteiger partial charge < -0.3 is 15.0 Å². The minimum absolute atomic E-state index is 0.247. The molecule has 2 aromatic carbocycles. The molecule has 0 spiro atoms. The van der Waals surface area contributed by atoms with E-state index in [0.29, 0.717) is 18.5 Å². The van der Waals surface area contributed by atoms with Crippen molar-refractivity contribution in [3.63, 3.8) is 0 Å². The number of alkyl carbamates (subject to hydrolysis) is 1. The molecule has 0 unspecified atom stereocenters. The second kappa shape index (κ2) is 8.54. The third-order valence-electron chi connectivity index (χ3n) is 3.81. The van der Waals surface area contributed by atoms with Crippen molar-refractivity contribution < 1.29 is 14.3 Å². The van der Waals surface area contributed by atoms with Crippen LogP contribution >= 0.6 is 0 Å². The Bertz CT molecular complexity index is 965. The minimum atomic E-state index is -0.454. The zero-order valence-electron chi connectivity index (χ0n) is 14.1. The van der Waals surface area contributed by atoms with E-state index < -0.39 is 6.09 Å². The van der Waals surface area contributed by atoms with Crippen LogP contribution in [0.4, 0.5) is 4.79 Å². The van der Waals surface area contributed by atoms with Gasteiger partial charge in [0.05, 0.1) is 0 Å². The van der Waals surface area contributed by atoms with Gasteiger partial charge >= 0.3 is 6.09 Å². The number of rotatable bonds is 5. The van der Waals surface area contributed by atoms with E-state index >= 15 is 0 Å². The number of fused-ring (bicyclic) bond motifs is 1. The lowest BCUT2D eigenvalue weighted by molar-refractivity contribution is 0.112. The molecule has 0 radical (unpaired) electrons. The van der Waals surface area contributed by atoms with Crippen LogP contribution in [0.15, 0.2) is 54.7 Å². The number of amides is 1. The highest BCUT2D eigenvalue weighted by Crippen LogP contribution is 2.17. The topological polar surface area (TPSA) is 71.2 Å². The third-order valence-corrected chi connectivity index (χ3v) is 3.81. The lowest BCUT2D eigenvalue weighted by Gasteiger charge is -2.05. The van der Waals surface area contributed by atoms with Crippen LogP contribution in [-0.4, -0.2) is 23.9 Å².